The third-order valence-electron chi connectivity index (χ3n) is 13.7. The lowest BCUT2D eigenvalue weighted by Crippen LogP contribution is -2.73. The highest BCUT2D eigenvalue weighted by Gasteiger charge is 2.53. The van der Waals surface area contributed by atoms with Gasteiger partial charge in [0.15, 0.2) is 17.0 Å². The Morgan fingerprint density at radius 1 is 0.954 bits per heavy atom. The summed E-state index contributed by atoms with van der Waals surface area (Å²) < 4.78 is 35.1. The number of pyridine rings is 1. The van der Waals surface area contributed by atoms with Crippen LogP contribution in [0.1, 0.15) is 61.0 Å². The van der Waals surface area contributed by atoms with Gasteiger partial charge >= 0.3 is 0 Å². The standard InChI is InChI=1S/C46H46F2N12O4S/c47-33-18-30(52-34-8-10-37(61)53-43(34)63)5-7-31(33)27-11-15-56(16-12-27)21-38(62)59-24-46(25-59)22-58(23-46)36-9-4-28(19-50-36)32-6-3-29-20-60(55-40(29)39(32)48)42(44(64)54-45-49-13-17-65-45)41-35-2-1-14-57(35)26-51-41/h3-7,9,13,17-20,26-27,34,42,52H,1-2,8,10-12,14-16,21-25H2,(H,49,54,64)(H,53,61,63)/t34-,42?/m0/s1. The number of likely N-dealkylation sites (tertiary alicyclic amines) is 2. The molecule has 6 aromatic rings. The van der Waals surface area contributed by atoms with Crippen LogP contribution < -0.4 is 20.9 Å². The molecule has 334 valence electrons. The van der Waals surface area contributed by atoms with E-state index < -0.39 is 23.8 Å². The van der Waals surface area contributed by atoms with Crippen molar-refractivity contribution in [1.82, 2.24) is 44.4 Å². The largest absolute Gasteiger partial charge is 0.374 e. The number of carbonyl (C=O) groups excluding carboxylic acids is 4. The van der Waals surface area contributed by atoms with Gasteiger partial charge in [0, 0.05) is 96.4 Å². The number of amides is 4. The Morgan fingerprint density at radius 2 is 1.80 bits per heavy atom. The molecule has 0 saturated carbocycles. The van der Waals surface area contributed by atoms with Crippen molar-refractivity contribution in [2.45, 2.75) is 63.1 Å². The number of aromatic nitrogens is 6. The van der Waals surface area contributed by atoms with Gasteiger partial charge in [0.25, 0.3) is 5.91 Å². The first-order chi connectivity index (χ1) is 31.6. The third-order valence-corrected chi connectivity index (χ3v) is 14.4. The smallest absolute Gasteiger partial charge is 0.257 e. The van der Waals surface area contributed by atoms with Crippen molar-refractivity contribution in [3.63, 3.8) is 0 Å². The Balaban J connectivity index is 0.674. The lowest BCUT2D eigenvalue weighted by Gasteiger charge is -2.60. The van der Waals surface area contributed by atoms with Crippen molar-refractivity contribution >= 4 is 62.5 Å². The molecule has 16 nitrogen and oxygen atoms in total. The summed E-state index contributed by atoms with van der Waals surface area (Å²) in [6.07, 6.45) is 10.6. The number of anilines is 3. The SMILES string of the molecule is O=C1CC[C@H](Nc2ccc(C3CCN(CC(=O)N4CC5(C4)CN(c4ccc(-c6ccc7cn(C(C(=O)Nc8nccs8)c8ncn9c8CCC9)nc7c6F)cn4)C5)CC3)c(F)c2)C(=O)N1. The lowest BCUT2D eigenvalue weighted by atomic mass is 9.72. The molecule has 19 heteroatoms. The number of nitrogens with one attached hydrogen (secondary N) is 3. The Hall–Kier alpha value is -6.60. The summed E-state index contributed by atoms with van der Waals surface area (Å²) in [5, 5.41) is 15.7. The highest BCUT2D eigenvalue weighted by molar-refractivity contribution is 7.13. The molecule has 1 unspecified atom stereocenters. The first kappa shape index (κ1) is 41.1. The van der Waals surface area contributed by atoms with Crippen LogP contribution in [-0.4, -0.2) is 115 Å². The third kappa shape index (κ3) is 7.79. The number of thiazole rings is 1. The van der Waals surface area contributed by atoms with Gasteiger partial charge in [-0.3, -0.25) is 39.4 Å². The van der Waals surface area contributed by atoms with E-state index in [9.17, 15) is 19.2 Å². The fourth-order valence-corrected chi connectivity index (χ4v) is 10.8. The Bertz CT molecular complexity index is 2830. The van der Waals surface area contributed by atoms with Gasteiger partial charge in [-0.1, -0.05) is 18.2 Å². The molecule has 5 aliphatic rings. The molecule has 4 aromatic heterocycles. The topological polar surface area (TPSA) is 176 Å². The Morgan fingerprint density at radius 3 is 2.55 bits per heavy atom. The van der Waals surface area contributed by atoms with Gasteiger partial charge in [0.2, 0.25) is 17.7 Å². The molecule has 4 saturated heterocycles. The van der Waals surface area contributed by atoms with E-state index in [0.717, 1.165) is 56.8 Å². The fourth-order valence-electron chi connectivity index (χ4n) is 10.3. The predicted molar refractivity (Wildman–Crippen MR) is 238 cm³/mol. The number of hydrogen-bond acceptors (Lipinski definition) is 12. The van der Waals surface area contributed by atoms with Gasteiger partial charge < -0.3 is 19.7 Å². The molecule has 5 aliphatic heterocycles. The summed E-state index contributed by atoms with van der Waals surface area (Å²) in [5.74, 6) is -0.942. The molecule has 2 atom stereocenters. The van der Waals surface area contributed by atoms with Gasteiger partial charge in [0.1, 0.15) is 23.2 Å². The monoisotopic (exact) mass is 900 g/mol. The van der Waals surface area contributed by atoms with Gasteiger partial charge in [-0.2, -0.15) is 5.10 Å². The van der Waals surface area contributed by atoms with E-state index in [-0.39, 0.29) is 46.8 Å². The van der Waals surface area contributed by atoms with E-state index in [2.05, 4.69) is 45.4 Å². The zero-order valence-electron chi connectivity index (χ0n) is 35.4. The molecule has 1 spiro atoms. The molecule has 65 heavy (non-hydrogen) atoms. The normalized spacial score (nSPS) is 20.1. The van der Waals surface area contributed by atoms with Crippen LogP contribution in [0, 0.1) is 17.0 Å². The highest BCUT2D eigenvalue weighted by atomic mass is 32.1. The second-order valence-corrected chi connectivity index (χ2v) is 18.9. The van der Waals surface area contributed by atoms with Gasteiger partial charge in [-0.05, 0) is 80.9 Å². The number of rotatable bonds is 11. The number of hydrogen-bond donors (Lipinski definition) is 3. The minimum atomic E-state index is -0.918. The van der Waals surface area contributed by atoms with Crippen molar-refractivity contribution < 1.29 is 28.0 Å². The summed E-state index contributed by atoms with van der Waals surface area (Å²) >= 11 is 1.31. The van der Waals surface area contributed by atoms with Crippen LogP contribution in [0.5, 0.6) is 0 Å². The second kappa shape index (κ2) is 16.4. The maximum Gasteiger partial charge on any atom is 0.257 e. The number of carbonyl (C=O) groups is 4. The van der Waals surface area contributed by atoms with E-state index >= 15 is 8.78 Å². The highest BCUT2D eigenvalue weighted by Crippen LogP contribution is 2.42. The van der Waals surface area contributed by atoms with Crippen molar-refractivity contribution in [3.8, 4) is 11.1 Å². The number of piperidine rings is 2. The molecular weight excluding hydrogens is 855 g/mol. The second-order valence-electron chi connectivity index (χ2n) is 18.0. The van der Waals surface area contributed by atoms with Crippen LogP contribution in [0.4, 0.5) is 25.4 Å². The number of imide groups is 1. The molecule has 4 amide bonds. The number of halogens is 2. The van der Waals surface area contributed by atoms with Crippen LogP contribution in [0.2, 0.25) is 0 Å². The fraction of sp³-hybridized carbons (Fsp3) is 0.391. The zero-order chi connectivity index (χ0) is 44.4. The first-order valence-corrected chi connectivity index (χ1v) is 23.0. The van der Waals surface area contributed by atoms with Crippen LogP contribution in [-0.2, 0) is 32.1 Å². The zero-order valence-corrected chi connectivity index (χ0v) is 36.2. The minimum absolute atomic E-state index is 0.0292. The van der Waals surface area contributed by atoms with Gasteiger partial charge in [-0.25, -0.2) is 23.7 Å². The van der Waals surface area contributed by atoms with Gasteiger partial charge in [-0.15, -0.1) is 11.3 Å². The van der Waals surface area contributed by atoms with Gasteiger partial charge in [0.05, 0.1) is 18.6 Å². The van der Waals surface area contributed by atoms with Crippen LogP contribution in [0.15, 0.2) is 72.8 Å². The molecule has 2 aromatic carbocycles. The van der Waals surface area contributed by atoms with Crippen molar-refractivity contribution in [2.75, 3.05) is 61.3 Å². The Kier molecular flexibility index (Phi) is 10.4. The van der Waals surface area contributed by atoms with E-state index in [1.54, 1.807) is 54.6 Å². The van der Waals surface area contributed by atoms with E-state index in [1.165, 1.54) is 22.1 Å². The molecule has 0 radical (unpaired) electrons. The molecular formula is C46H46F2N12O4S. The molecule has 0 bridgehead atoms. The molecule has 11 rings (SSSR count). The van der Waals surface area contributed by atoms with Crippen LogP contribution in [0.25, 0.3) is 22.0 Å². The van der Waals surface area contributed by atoms with Crippen molar-refractivity contribution in [3.05, 3.63) is 101 Å². The van der Waals surface area contributed by atoms with E-state index in [1.807, 2.05) is 17.0 Å². The van der Waals surface area contributed by atoms with E-state index in [0.29, 0.717) is 77.7 Å². The summed E-state index contributed by atoms with van der Waals surface area (Å²) in [5.41, 5.74) is 3.85. The maximum atomic E-state index is 16.3. The average molecular weight is 901 g/mol. The van der Waals surface area contributed by atoms with Crippen LogP contribution >= 0.6 is 11.3 Å². The quantitative estimate of drug-likeness (QED) is 0.150. The summed E-state index contributed by atoms with van der Waals surface area (Å²) in [6.45, 7) is 5.49. The number of fused-ring (bicyclic) bond motifs is 2. The van der Waals surface area contributed by atoms with Crippen LogP contribution in [0.3, 0.4) is 0 Å². The van der Waals surface area contributed by atoms with E-state index in [4.69, 9.17) is 4.98 Å². The molecule has 3 N–H and O–H groups in total. The Labute approximate surface area is 376 Å². The summed E-state index contributed by atoms with van der Waals surface area (Å²) in [6, 6.07) is 10.8. The molecule has 0 aliphatic carbocycles. The average Bonchev–Trinajstić information content (AvgIpc) is 4.10. The first-order valence-electron chi connectivity index (χ1n) is 22.1. The maximum absolute atomic E-state index is 16.3. The minimum Gasteiger partial charge on any atom is -0.374 e. The number of imidazole rings is 1. The lowest BCUT2D eigenvalue weighted by molar-refractivity contribution is -0.146. The number of benzene rings is 2. The summed E-state index contributed by atoms with van der Waals surface area (Å²) in [4.78, 5) is 70.4. The summed E-state index contributed by atoms with van der Waals surface area (Å²) in [7, 11) is 0. The number of aryl methyl sites for hydroxylation is 1. The number of nitrogens with zero attached hydrogens (tertiary/aromatic N) is 9. The van der Waals surface area contributed by atoms with Crippen molar-refractivity contribution in [2.24, 2.45) is 5.41 Å². The molecule has 4 fully saturated rings. The molecule has 9 heterocycles. The van der Waals surface area contributed by atoms with Crippen molar-refractivity contribution in [1.29, 1.82) is 0 Å². The predicted octanol–water partition coefficient (Wildman–Crippen LogP) is 4.95.